The first kappa shape index (κ1) is 18.3. The van der Waals surface area contributed by atoms with Gasteiger partial charge in [0.1, 0.15) is 5.75 Å². The van der Waals surface area contributed by atoms with Gasteiger partial charge in [0, 0.05) is 12.5 Å². The van der Waals surface area contributed by atoms with Gasteiger partial charge in [0.2, 0.25) is 5.91 Å². The predicted molar refractivity (Wildman–Crippen MR) is 92.0 cm³/mol. The predicted octanol–water partition coefficient (Wildman–Crippen LogP) is 3.16. The van der Waals surface area contributed by atoms with Crippen molar-refractivity contribution in [3.05, 3.63) is 29.8 Å². The number of nitrogens with one attached hydrogen (secondary N) is 1. The zero-order valence-corrected chi connectivity index (χ0v) is 14.3. The smallest absolute Gasteiger partial charge is 0.306 e. The Morgan fingerprint density at radius 1 is 1.08 bits per heavy atom. The van der Waals surface area contributed by atoms with Crippen molar-refractivity contribution in [1.29, 1.82) is 0 Å². The molecule has 0 heterocycles. The molecule has 1 aromatic carbocycles. The molecule has 2 rings (SSSR count). The average Bonchev–Trinajstić information content (AvgIpc) is 2.59. The number of rotatable bonds is 8. The van der Waals surface area contributed by atoms with Crippen LogP contribution in [0.1, 0.15) is 44.1 Å². The summed E-state index contributed by atoms with van der Waals surface area (Å²) in [4.78, 5) is 23.0. The van der Waals surface area contributed by atoms with Gasteiger partial charge in [-0.05, 0) is 57.6 Å². The molecule has 0 unspecified atom stereocenters. The molecule has 0 spiro atoms. The van der Waals surface area contributed by atoms with E-state index < -0.39 is 5.97 Å². The molecule has 1 aromatic rings. The zero-order chi connectivity index (χ0) is 17.4. The molecule has 5 heteroatoms. The fourth-order valence-electron chi connectivity index (χ4n) is 3.01. The molecular formula is C19H27NO4. The lowest BCUT2D eigenvalue weighted by atomic mass is 9.81. The summed E-state index contributed by atoms with van der Waals surface area (Å²) in [6, 6.07) is 7.97. The van der Waals surface area contributed by atoms with E-state index in [1.165, 1.54) is 5.56 Å². The van der Waals surface area contributed by atoms with Crippen molar-refractivity contribution >= 4 is 11.9 Å². The van der Waals surface area contributed by atoms with E-state index in [2.05, 4.69) is 5.32 Å². The highest BCUT2D eigenvalue weighted by atomic mass is 16.5. The largest absolute Gasteiger partial charge is 0.494 e. The van der Waals surface area contributed by atoms with Crippen molar-refractivity contribution in [1.82, 2.24) is 5.32 Å². The Labute approximate surface area is 143 Å². The van der Waals surface area contributed by atoms with E-state index in [0.29, 0.717) is 38.8 Å². The van der Waals surface area contributed by atoms with Crippen LogP contribution in [0.3, 0.4) is 0 Å². The minimum atomic E-state index is -0.734. The first-order valence-corrected chi connectivity index (χ1v) is 8.76. The van der Waals surface area contributed by atoms with Crippen molar-refractivity contribution in [3.8, 4) is 5.75 Å². The molecular weight excluding hydrogens is 306 g/mol. The van der Waals surface area contributed by atoms with E-state index in [9.17, 15) is 9.59 Å². The van der Waals surface area contributed by atoms with Crippen molar-refractivity contribution in [2.24, 2.45) is 11.8 Å². The van der Waals surface area contributed by atoms with Crippen LogP contribution in [0.25, 0.3) is 0 Å². The Morgan fingerprint density at radius 3 is 2.33 bits per heavy atom. The fraction of sp³-hybridized carbons (Fsp3) is 0.579. The zero-order valence-electron chi connectivity index (χ0n) is 14.3. The number of hydrogen-bond donors (Lipinski definition) is 2. The summed E-state index contributed by atoms with van der Waals surface area (Å²) in [6.07, 6.45) is 4.34. The molecule has 132 valence electrons. The maximum absolute atomic E-state index is 12.1. The lowest BCUT2D eigenvalue weighted by molar-refractivity contribution is -0.144. The van der Waals surface area contributed by atoms with E-state index in [1.807, 2.05) is 31.2 Å². The third-order valence-electron chi connectivity index (χ3n) is 4.61. The molecule has 2 N–H and O–H groups in total. The standard InChI is InChI=1S/C19H27NO4/c1-14-4-10-17(11-5-14)24-13-3-2-12-20-18(21)15-6-8-16(9-7-15)19(22)23/h4-5,10-11,15-16H,2-3,6-9,12-13H2,1H3,(H,20,21)(H,22,23). The molecule has 0 bridgehead atoms. The van der Waals surface area contributed by atoms with Crippen LogP contribution in [0.2, 0.25) is 0 Å². The van der Waals surface area contributed by atoms with E-state index in [-0.39, 0.29) is 17.7 Å². The fourth-order valence-corrected chi connectivity index (χ4v) is 3.01. The van der Waals surface area contributed by atoms with Gasteiger partial charge in [0.05, 0.1) is 12.5 Å². The molecule has 0 saturated heterocycles. The molecule has 1 aliphatic carbocycles. The first-order chi connectivity index (χ1) is 11.6. The second-order valence-corrected chi connectivity index (χ2v) is 6.55. The highest BCUT2D eigenvalue weighted by Gasteiger charge is 2.29. The lowest BCUT2D eigenvalue weighted by Gasteiger charge is -2.25. The third-order valence-corrected chi connectivity index (χ3v) is 4.61. The molecule has 0 atom stereocenters. The van der Waals surface area contributed by atoms with Crippen LogP contribution in [0.15, 0.2) is 24.3 Å². The minimum absolute atomic E-state index is 0.0237. The van der Waals surface area contributed by atoms with Gasteiger partial charge in [-0.1, -0.05) is 17.7 Å². The maximum Gasteiger partial charge on any atom is 0.306 e. The summed E-state index contributed by atoms with van der Waals surface area (Å²) in [7, 11) is 0. The average molecular weight is 333 g/mol. The number of hydrogen-bond acceptors (Lipinski definition) is 3. The van der Waals surface area contributed by atoms with Gasteiger partial charge in [-0.25, -0.2) is 0 Å². The highest BCUT2D eigenvalue weighted by molar-refractivity contribution is 5.79. The number of amides is 1. The summed E-state index contributed by atoms with van der Waals surface area (Å²) in [5.41, 5.74) is 1.21. The van der Waals surface area contributed by atoms with Gasteiger partial charge in [-0.2, -0.15) is 0 Å². The van der Waals surface area contributed by atoms with E-state index in [1.54, 1.807) is 0 Å². The van der Waals surface area contributed by atoms with Gasteiger partial charge in [-0.15, -0.1) is 0 Å². The van der Waals surface area contributed by atoms with Crippen molar-refractivity contribution in [2.75, 3.05) is 13.2 Å². The number of unbranched alkanes of at least 4 members (excludes halogenated alkanes) is 1. The van der Waals surface area contributed by atoms with Gasteiger partial charge >= 0.3 is 5.97 Å². The van der Waals surface area contributed by atoms with E-state index >= 15 is 0 Å². The van der Waals surface area contributed by atoms with Crippen molar-refractivity contribution in [3.63, 3.8) is 0 Å². The molecule has 0 aromatic heterocycles. The Bertz CT molecular complexity index is 533. The first-order valence-electron chi connectivity index (χ1n) is 8.76. The second kappa shape index (κ2) is 9.30. The Hall–Kier alpha value is -2.04. The number of benzene rings is 1. The van der Waals surface area contributed by atoms with Crippen LogP contribution in [-0.2, 0) is 9.59 Å². The van der Waals surface area contributed by atoms with Crippen LogP contribution in [0, 0.1) is 18.8 Å². The number of carbonyl (C=O) groups is 2. The van der Waals surface area contributed by atoms with Crippen molar-refractivity contribution in [2.45, 2.75) is 45.4 Å². The SMILES string of the molecule is Cc1ccc(OCCCCNC(=O)C2CCC(C(=O)O)CC2)cc1. The molecule has 1 aliphatic rings. The number of aliphatic carboxylic acids is 1. The minimum Gasteiger partial charge on any atom is -0.494 e. The van der Waals surface area contributed by atoms with Crippen LogP contribution in [-0.4, -0.2) is 30.1 Å². The molecule has 1 fully saturated rings. The number of carboxylic acids is 1. The number of carbonyl (C=O) groups excluding carboxylic acids is 1. The van der Waals surface area contributed by atoms with E-state index in [4.69, 9.17) is 9.84 Å². The summed E-state index contributed by atoms with van der Waals surface area (Å²) in [5.74, 6) is -0.0852. The van der Waals surface area contributed by atoms with Gasteiger partial charge in [0.15, 0.2) is 0 Å². The Kier molecular flexibility index (Phi) is 7.09. The molecule has 1 amide bonds. The number of carboxylic acid groups (broad SMARTS) is 1. The molecule has 0 radical (unpaired) electrons. The van der Waals surface area contributed by atoms with E-state index in [0.717, 1.165) is 18.6 Å². The van der Waals surface area contributed by atoms with Gasteiger partial charge < -0.3 is 15.2 Å². The summed E-state index contributed by atoms with van der Waals surface area (Å²) in [6.45, 7) is 3.33. The maximum atomic E-state index is 12.1. The Morgan fingerprint density at radius 2 is 1.71 bits per heavy atom. The quantitative estimate of drug-likeness (QED) is 0.717. The van der Waals surface area contributed by atoms with Crippen molar-refractivity contribution < 1.29 is 19.4 Å². The van der Waals surface area contributed by atoms with Crippen LogP contribution in [0.4, 0.5) is 0 Å². The monoisotopic (exact) mass is 333 g/mol. The topological polar surface area (TPSA) is 75.6 Å². The van der Waals surface area contributed by atoms with Crippen LogP contribution >= 0.6 is 0 Å². The summed E-state index contributed by atoms with van der Waals surface area (Å²) in [5, 5.41) is 11.9. The van der Waals surface area contributed by atoms with Gasteiger partial charge in [0.25, 0.3) is 0 Å². The lowest BCUT2D eigenvalue weighted by Crippen LogP contribution is -2.34. The molecule has 5 nitrogen and oxygen atoms in total. The second-order valence-electron chi connectivity index (χ2n) is 6.55. The van der Waals surface area contributed by atoms with Gasteiger partial charge in [-0.3, -0.25) is 9.59 Å². The van der Waals surface area contributed by atoms with Crippen LogP contribution < -0.4 is 10.1 Å². The summed E-state index contributed by atoms with van der Waals surface area (Å²) < 4.78 is 5.65. The number of aryl methyl sites for hydroxylation is 1. The molecule has 0 aliphatic heterocycles. The molecule has 1 saturated carbocycles. The third kappa shape index (κ3) is 5.87. The highest BCUT2D eigenvalue weighted by Crippen LogP contribution is 2.28. The van der Waals surface area contributed by atoms with Crippen LogP contribution in [0.5, 0.6) is 5.75 Å². The summed E-state index contributed by atoms with van der Waals surface area (Å²) >= 11 is 0. The molecule has 24 heavy (non-hydrogen) atoms. The normalized spacial score (nSPS) is 20.4. The number of ether oxygens (including phenoxy) is 1. The Balaban J connectivity index is 1.53.